The average Bonchev–Trinajstić information content (AvgIpc) is 3.07. The van der Waals surface area contributed by atoms with Gasteiger partial charge < -0.3 is 10.1 Å². The second-order valence-corrected chi connectivity index (χ2v) is 8.47. The minimum atomic E-state index is -0.485. The molecule has 31 heavy (non-hydrogen) atoms. The van der Waals surface area contributed by atoms with Crippen molar-refractivity contribution in [3.63, 3.8) is 0 Å². The third kappa shape index (κ3) is 5.39. The van der Waals surface area contributed by atoms with E-state index >= 15 is 0 Å². The first kappa shape index (κ1) is 22.3. The van der Waals surface area contributed by atoms with Gasteiger partial charge in [-0.3, -0.25) is 4.79 Å². The van der Waals surface area contributed by atoms with E-state index in [0.717, 1.165) is 22.5 Å². The molecule has 0 atom stereocenters. The van der Waals surface area contributed by atoms with Crippen molar-refractivity contribution in [3.05, 3.63) is 87.8 Å². The Morgan fingerprint density at radius 2 is 1.58 bits per heavy atom. The number of hydrogen-bond donors (Lipinski definition) is 1. The molecule has 0 saturated heterocycles. The van der Waals surface area contributed by atoms with E-state index in [0.29, 0.717) is 21.0 Å². The van der Waals surface area contributed by atoms with Gasteiger partial charge in [0.15, 0.2) is 0 Å². The van der Waals surface area contributed by atoms with Crippen LogP contribution in [0.3, 0.4) is 0 Å². The van der Waals surface area contributed by atoms with Crippen LogP contribution in [-0.2, 0) is 9.53 Å². The van der Waals surface area contributed by atoms with Gasteiger partial charge >= 0.3 is 5.97 Å². The van der Waals surface area contributed by atoms with E-state index in [9.17, 15) is 14.9 Å². The molecule has 0 unspecified atom stereocenters. The summed E-state index contributed by atoms with van der Waals surface area (Å²) in [4.78, 5) is 25.7. The molecule has 0 radical (unpaired) electrons. The summed E-state index contributed by atoms with van der Waals surface area (Å²) in [5.41, 5.74) is 2.89. The number of benzene rings is 2. The Balaban J connectivity index is 1.85. The number of carbonyl (C=O) groups excluding carboxylic acids is 2. The Morgan fingerprint density at radius 3 is 2.06 bits per heavy atom. The summed E-state index contributed by atoms with van der Waals surface area (Å²) in [5, 5.41) is 12.8. The number of nitrogens with one attached hydrogen (secondary N) is 1. The molecule has 2 aromatic carbocycles. The maximum absolute atomic E-state index is 13.0. The van der Waals surface area contributed by atoms with Crippen LogP contribution in [0.5, 0.6) is 0 Å². The van der Waals surface area contributed by atoms with Gasteiger partial charge in [0.25, 0.3) is 0 Å². The molecule has 1 amide bonds. The molecule has 0 spiro atoms. The van der Waals surface area contributed by atoms with Crippen molar-refractivity contribution in [2.24, 2.45) is 0 Å². The Morgan fingerprint density at radius 1 is 1.03 bits per heavy atom. The SMILES string of the molecule is Cc1c(C(=O)OC(C)C)sc(NC(=O)CC(c2ccccc2)c2ccccc2)c1C#N. The van der Waals surface area contributed by atoms with Crippen LogP contribution in [0.1, 0.15) is 58.1 Å². The second-order valence-electron chi connectivity index (χ2n) is 7.45. The summed E-state index contributed by atoms with van der Waals surface area (Å²) in [6.45, 7) is 5.22. The third-order valence-corrected chi connectivity index (χ3v) is 6.02. The van der Waals surface area contributed by atoms with Crippen LogP contribution in [0.15, 0.2) is 60.7 Å². The first-order chi connectivity index (χ1) is 14.9. The predicted octanol–water partition coefficient (Wildman–Crippen LogP) is 5.65. The van der Waals surface area contributed by atoms with Crippen molar-refractivity contribution < 1.29 is 14.3 Å². The summed E-state index contributed by atoms with van der Waals surface area (Å²) in [6.07, 6.45) is -0.0585. The molecule has 1 heterocycles. The van der Waals surface area contributed by atoms with Gasteiger partial charge in [0.05, 0.1) is 11.7 Å². The number of rotatable bonds is 7. The number of thiophene rings is 1. The quantitative estimate of drug-likeness (QED) is 0.489. The van der Waals surface area contributed by atoms with Gasteiger partial charge in [-0.25, -0.2) is 4.79 Å². The van der Waals surface area contributed by atoms with E-state index in [2.05, 4.69) is 11.4 Å². The van der Waals surface area contributed by atoms with Gasteiger partial charge in [0, 0.05) is 12.3 Å². The van der Waals surface area contributed by atoms with Crippen LogP contribution < -0.4 is 5.32 Å². The van der Waals surface area contributed by atoms with Crippen LogP contribution in [0, 0.1) is 18.3 Å². The zero-order valence-corrected chi connectivity index (χ0v) is 18.5. The Bertz CT molecular complexity index is 1060. The smallest absolute Gasteiger partial charge is 0.348 e. The fraction of sp³-hybridized carbons (Fsp3) is 0.240. The second kappa shape index (κ2) is 10.1. The summed E-state index contributed by atoms with van der Waals surface area (Å²) < 4.78 is 5.26. The van der Waals surface area contributed by atoms with Crippen molar-refractivity contribution in [3.8, 4) is 6.07 Å². The lowest BCUT2D eigenvalue weighted by Gasteiger charge is -2.17. The predicted molar refractivity (Wildman–Crippen MR) is 122 cm³/mol. The van der Waals surface area contributed by atoms with Gasteiger partial charge in [-0.1, -0.05) is 60.7 Å². The van der Waals surface area contributed by atoms with Gasteiger partial charge in [-0.15, -0.1) is 11.3 Å². The zero-order chi connectivity index (χ0) is 22.4. The molecule has 3 aromatic rings. The van der Waals surface area contributed by atoms with Gasteiger partial charge in [-0.05, 0) is 37.5 Å². The molecule has 6 heteroatoms. The van der Waals surface area contributed by atoms with Crippen LogP contribution in [0.4, 0.5) is 5.00 Å². The standard InChI is InChI=1S/C25H24N2O3S/c1-16(2)30-25(29)23-17(3)21(15-26)24(31-23)27-22(28)14-20(18-10-6-4-7-11-18)19-12-8-5-9-13-19/h4-13,16,20H,14H2,1-3H3,(H,27,28). The number of anilines is 1. The topological polar surface area (TPSA) is 79.2 Å². The summed E-state index contributed by atoms with van der Waals surface area (Å²) in [6, 6.07) is 21.8. The number of nitriles is 1. The van der Waals surface area contributed by atoms with Crippen LogP contribution in [0.2, 0.25) is 0 Å². The van der Waals surface area contributed by atoms with Gasteiger partial charge in [0.2, 0.25) is 5.91 Å². The van der Waals surface area contributed by atoms with Crippen molar-refractivity contribution in [1.29, 1.82) is 5.26 Å². The molecule has 0 aliphatic rings. The van der Waals surface area contributed by atoms with E-state index in [1.807, 2.05) is 60.7 Å². The number of nitrogens with zero attached hydrogens (tertiary/aromatic N) is 1. The lowest BCUT2D eigenvalue weighted by atomic mass is 9.88. The van der Waals surface area contributed by atoms with E-state index in [1.165, 1.54) is 0 Å². The summed E-state index contributed by atoms with van der Waals surface area (Å²) in [7, 11) is 0. The minimum Gasteiger partial charge on any atom is -0.459 e. The van der Waals surface area contributed by atoms with Crippen molar-refractivity contribution >= 4 is 28.2 Å². The largest absolute Gasteiger partial charge is 0.459 e. The van der Waals surface area contributed by atoms with E-state index in [4.69, 9.17) is 4.74 Å². The molecule has 0 saturated carbocycles. The Labute approximate surface area is 186 Å². The highest BCUT2D eigenvalue weighted by molar-refractivity contribution is 7.18. The van der Waals surface area contributed by atoms with Crippen LogP contribution in [0.25, 0.3) is 0 Å². The van der Waals surface area contributed by atoms with Crippen LogP contribution >= 0.6 is 11.3 Å². The van der Waals surface area contributed by atoms with Crippen molar-refractivity contribution in [2.75, 3.05) is 5.32 Å². The lowest BCUT2D eigenvalue weighted by Crippen LogP contribution is -2.16. The monoisotopic (exact) mass is 432 g/mol. The van der Waals surface area contributed by atoms with E-state index < -0.39 is 5.97 Å². The summed E-state index contributed by atoms with van der Waals surface area (Å²) in [5.74, 6) is -0.834. The number of ether oxygens (including phenoxy) is 1. The molecular formula is C25H24N2O3S. The van der Waals surface area contributed by atoms with Crippen LogP contribution in [-0.4, -0.2) is 18.0 Å². The van der Waals surface area contributed by atoms with Crippen molar-refractivity contribution in [2.45, 2.75) is 39.2 Å². The normalized spacial score (nSPS) is 10.7. The van der Waals surface area contributed by atoms with E-state index in [-0.39, 0.29) is 24.3 Å². The first-order valence-corrected chi connectivity index (χ1v) is 10.9. The van der Waals surface area contributed by atoms with E-state index in [1.54, 1.807) is 20.8 Å². The maximum atomic E-state index is 13.0. The fourth-order valence-electron chi connectivity index (χ4n) is 3.36. The van der Waals surface area contributed by atoms with Crippen molar-refractivity contribution in [1.82, 2.24) is 0 Å². The average molecular weight is 433 g/mol. The lowest BCUT2D eigenvalue weighted by molar-refractivity contribution is -0.116. The minimum absolute atomic E-state index is 0.126. The molecule has 3 rings (SSSR count). The maximum Gasteiger partial charge on any atom is 0.348 e. The Kier molecular flexibility index (Phi) is 7.22. The highest BCUT2D eigenvalue weighted by Gasteiger charge is 2.24. The molecule has 5 nitrogen and oxygen atoms in total. The fourth-order valence-corrected chi connectivity index (χ4v) is 4.42. The Hall–Kier alpha value is -3.43. The van der Waals surface area contributed by atoms with Gasteiger partial charge in [0.1, 0.15) is 15.9 Å². The highest BCUT2D eigenvalue weighted by Crippen LogP contribution is 2.34. The number of carbonyl (C=O) groups is 2. The number of hydrogen-bond acceptors (Lipinski definition) is 5. The third-order valence-electron chi connectivity index (χ3n) is 4.83. The molecular weight excluding hydrogens is 408 g/mol. The molecule has 158 valence electrons. The molecule has 0 aliphatic carbocycles. The molecule has 1 aromatic heterocycles. The zero-order valence-electron chi connectivity index (χ0n) is 17.7. The highest BCUT2D eigenvalue weighted by atomic mass is 32.1. The molecule has 0 bridgehead atoms. The summed E-state index contributed by atoms with van der Waals surface area (Å²) >= 11 is 1.08. The molecule has 0 aliphatic heterocycles. The molecule has 1 N–H and O–H groups in total. The number of esters is 1. The first-order valence-electron chi connectivity index (χ1n) is 10.0. The molecule has 0 fully saturated rings. The number of amides is 1. The van der Waals surface area contributed by atoms with Gasteiger partial charge in [-0.2, -0.15) is 5.26 Å².